The first-order valence-electron chi connectivity index (χ1n) is 10.4. The van der Waals surface area contributed by atoms with Crippen molar-refractivity contribution in [2.45, 2.75) is 40.7 Å². The maximum absolute atomic E-state index is 12.6. The summed E-state index contributed by atoms with van der Waals surface area (Å²) in [6.45, 7) is 9.05. The summed E-state index contributed by atoms with van der Waals surface area (Å²) in [5.74, 6) is 0.357. The number of nitrogens with one attached hydrogen (secondary N) is 3. The number of hydrogen-bond acceptors (Lipinski definition) is 3. The molecule has 3 aromatic rings. The third kappa shape index (κ3) is 6.18. The Morgan fingerprint density at radius 1 is 0.903 bits per heavy atom. The molecule has 3 rings (SSSR count). The SMILES string of the molecule is Cc1nn(CC(C)C)c(C)c1CC(=O)Nc1cccc(NC(=O)Nc2ccccc2)c1. The van der Waals surface area contributed by atoms with Crippen LogP contribution in [-0.4, -0.2) is 21.7 Å². The number of carbonyl (C=O) groups is 2. The van der Waals surface area contributed by atoms with E-state index in [0.717, 1.165) is 23.5 Å². The van der Waals surface area contributed by atoms with E-state index in [1.165, 1.54) is 0 Å². The van der Waals surface area contributed by atoms with Crippen molar-refractivity contribution in [1.29, 1.82) is 0 Å². The Morgan fingerprint density at radius 2 is 1.52 bits per heavy atom. The monoisotopic (exact) mass is 419 g/mol. The van der Waals surface area contributed by atoms with E-state index in [2.05, 4.69) is 34.9 Å². The molecular weight excluding hydrogens is 390 g/mol. The van der Waals surface area contributed by atoms with Crippen molar-refractivity contribution in [3.05, 3.63) is 71.5 Å². The molecule has 3 amide bonds. The van der Waals surface area contributed by atoms with E-state index in [-0.39, 0.29) is 18.4 Å². The number of amides is 3. The van der Waals surface area contributed by atoms with Crippen LogP contribution in [0.25, 0.3) is 0 Å². The van der Waals surface area contributed by atoms with Gasteiger partial charge in [-0.2, -0.15) is 5.10 Å². The number of nitrogens with zero attached hydrogens (tertiary/aromatic N) is 2. The molecule has 31 heavy (non-hydrogen) atoms. The lowest BCUT2D eigenvalue weighted by Crippen LogP contribution is -2.19. The fourth-order valence-electron chi connectivity index (χ4n) is 3.37. The topological polar surface area (TPSA) is 88.1 Å². The van der Waals surface area contributed by atoms with Crippen molar-refractivity contribution in [2.24, 2.45) is 5.92 Å². The fourth-order valence-corrected chi connectivity index (χ4v) is 3.37. The number of benzene rings is 2. The van der Waals surface area contributed by atoms with Crippen molar-refractivity contribution in [1.82, 2.24) is 9.78 Å². The van der Waals surface area contributed by atoms with Gasteiger partial charge in [0.2, 0.25) is 5.91 Å². The van der Waals surface area contributed by atoms with Gasteiger partial charge in [-0.1, -0.05) is 38.1 Å². The Kier molecular flexibility index (Phi) is 7.07. The third-order valence-corrected chi connectivity index (χ3v) is 4.84. The molecule has 1 heterocycles. The minimum atomic E-state index is -0.349. The average Bonchev–Trinajstić information content (AvgIpc) is 2.95. The summed E-state index contributed by atoms with van der Waals surface area (Å²) in [7, 11) is 0. The van der Waals surface area contributed by atoms with Crippen molar-refractivity contribution in [3.8, 4) is 0 Å². The highest BCUT2D eigenvalue weighted by atomic mass is 16.2. The molecule has 7 heteroatoms. The number of rotatable bonds is 7. The molecule has 0 bridgehead atoms. The number of carbonyl (C=O) groups excluding carboxylic acids is 2. The lowest BCUT2D eigenvalue weighted by molar-refractivity contribution is -0.115. The Labute approximate surface area is 182 Å². The van der Waals surface area contributed by atoms with E-state index in [0.29, 0.717) is 23.0 Å². The first-order chi connectivity index (χ1) is 14.8. The van der Waals surface area contributed by atoms with Crippen LogP contribution >= 0.6 is 0 Å². The summed E-state index contributed by atoms with van der Waals surface area (Å²) in [5.41, 5.74) is 4.76. The normalized spacial score (nSPS) is 10.7. The van der Waals surface area contributed by atoms with Crippen LogP contribution in [0.1, 0.15) is 30.8 Å². The molecule has 7 nitrogen and oxygen atoms in total. The zero-order valence-electron chi connectivity index (χ0n) is 18.4. The Morgan fingerprint density at radius 3 is 2.19 bits per heavy atom. The number of aryl methyl sites for hydroxylation is 1. The van der Waals surface area contributed by atoms with Crippen LogP contribution in [-0.2, 0) is 17.8 Å². The van der Waals surface area contributed by atoms with Crippen LogP contribution < -0.4 is 16.0 Å². The molecule has 0 fully saturated rings. The minimum Gasteiger partial charge on any atom is -0.326 e. The van der Waals surface area contributed by atoms with Crippen molar-refractivity contribution < 1.29 is 9.59 Å². The summed E-state index contributed by atoms with van der Waals surface area (Å²) >= 11 is 0. The van der Waals surface area contributed by atoms with Crippen molar-refractivity contribution >= 4 is 29.0 Å². The molecule has 0 saturated carbocycles. The standard InChI is InChI=1S/C24H29N5O2/c1-16(2)15-29-18(4)22(17(3)28-29)14-23(30)25-20-11-8-12-21(13-20)27-24(31)26-19-9-6-5-7-10-19/h5-13,16H,14-15H2,1-4H3,(H,25,30)(H2,26,27,31). The Bertz CT molecular complexity index is 1060. The molecular formula is C24H29N5O2. The van der Waals surface area contributed by atoms with Gasteiger partial charge in [0, 0.05) is 34.9 Å². The lowest BCUT2D eigenvalue weighted by atomic mass is 10.1. The van der Waals surface area contributed by atoms with Gasteiger partial charge in [0.15, 0.2) is 0 Å². The second kappa shape index (κ2) is 9.93. The lowest BCUT2D eigenvalue weighted by Gasteiger charge is -2.10. The Hall–Kier alpha value is -3.61. The summed E-state index contributed by atoms with van der Waals surface area (Å²) in [4.78, 5) is 24.8. The van der Waals surface area contributed by atoms with E-state index in [4.69, 9.17) is 0 Å². The fraction of sp³-hybridized carbons (Fsp3) is 0.292. The van der Waals surface area contributed by atoms with Crippen molar-refractivity contribution in [3.63, 3.8) is 0 Å². The van der Waals surface area contributed by atoms with E-state index >= 15 is 0 Å². The smallest absolute Gasteiger partial charge is 0.323 e. The predicted octanol–water partition coefficient (Wildman–Crippen LogP) is 4.98. The minimum absolute atomic E-state index is 0.124. The molecule has 1 aromatic heterocycles. The summed E-state index contributed by atoms with van der Waals surface area (Å²) < 4.78 is 1.97. The van der Waals surface area contributed by atoms with Gasteiger partial charge in [-0.15, -0.1) is 0 Å². The third-order valence-electron chi connectivity index (χ3n) is 4.84. The zero-order chi connectivity index (χ0) is 22.4. The van der Waals surface area contributed by atoms with Gasteiger partial charge in [0.1, 0.15) is 0 Å². The van der Waals surface area contributed by atoms with Crippen LogP contribution in [0.15, 0.2) is 54.6 Å². The predicted molar refractivity (Wildman–Crippen MR) is 124 cm³/mol. The van der Waals surface area contributed by atoms with E-state index in [1.54, 1.807) is 24.3 Å². The number of anilines is 3. The second-order valence-electron chi connectivity index (χ2n) is 7.98. The quantitative estimate of drug-likeness (QED) is 0.505. The van der Waals surface area contributed by atoms with Gasteiger partial charge < -0.3 is 16.0 Å². The van der Waals surface area contributed by atoms with Crippen molar-refractivity contribution in [2.75, 3.05) is 16.0 Å². The van der Waals surface area contributed by atoms with E-state index in [1.807, 2.05) is 48.9 Å². The maximum atomic E-state index is 12.6. The van der Waals surface area contributed by atoms with E-state index in [9.17, 15) is 9.59 Å². The van der Waals surface area contributed by atoms with Crippen LogP contribution in [0, 0.1) is 19.8 Å². The maximum Gasteiger partial charge on any atom is 0.323 e. The van der Waals surface area contributed by atoms with Crippen LogP contribution in [0.4, 0.5) is 21.9 Å². The molecule has 0 spiro atoms. The highest BCUT2D eigenvalue weighted by molar-refractivity contribution is 6.00. The summed E-state index contributed by atoms with van der Waals surface area (Å²) in [6, 6.07) is 15.9. The van der Waals surface area contributed by atoms with Crippen LogP contribution in [0.2, 0.25) is 0 Å². The molecule has 0 radical (unpaired) electrons. The molecule has 0 atom stereocenters. The first-order valence-corrected chi connectivity index (χ1v) is 10.4. The van der Waals surface area contributed by atoms with Crippen LogP contribution in [0.5, 0.6) is 0 Å². The largest absolute Gasteiger partial charge is 0.326 e. The highest BCUT2D eigenvalue weighted by Gasteiger charge is 2.16. The van der Waals surface area contributed by atoms with Gasteiger partial charge in [-0.25, -0.2) is 4.79 Å². The summed E-state index contributed by atoms with van der Waals surface area (Å²) in [6.07, 6.45) is 0.252. The molecule has 0 saturated heterocycles. The number of hydrogen-bond donors (Lipinski definition) is 3. The second-order valence-corrected chi connectivity index (χ2v) is 7.98. The number of urea groups is 1. The highest BCUT2D eigenvalue weighted by Crippen LogP contribution is 2.19. The average molecular weight is 420 g/mol. The van der Waals surface area contributed by atoms with Gasteiger partial charge in [-0.3, -0.25) is 9.48 Å². The molecule has 162 valence electrons. The first kappa shape index (κ1) is 22.1. The number of para-hydroxylation sites is 1. The molecule has 2 aromatic carbocycles. The molecule has 3 N–H and O–H groups in total. The molecule has 0 aliphatic heterocycles. The van der Waals surface area contributed by atoms with Crippen LogP contribution in [0.3, 0.4) is 0 Å². The number of aromatic nitrogens is 2. The van der Waals surface area contributed by atoms with E-state index < -0.39 is 0 Å². The Balaban J connectivity index is 1.61. The van der Waals surface area contributed by atoms with Gasteiger partial charge in [0.05, 0.1) is 12.1 Å². The van der Waals surface area contributed by atoms with Gasteiger partial charge in [-0.05, 0) is 50.1 Å². The molecule has 0 unspecified atom stereocenters. The van der Waals surface area contributed by atoms with Gasteiger partial charge in [0.25, 0.3) is 0 Å². The summed E-state index contributed by atoms with van der Waals surface area (Å²) in [5, 5.41) is 13.0. The molecule has 0 aliphatic rings. The van der Waals surface area contributed by atoms with Gasteiger partial charge >= 0.3 is 6.03 Å². The zero-order valence-corrected chi connectivity index (χ0v) is 18.4. The molecule has 0 aliphatic carbocycles.